The zero-order valence-electron chi connectivity index (χ0n) is 8.09. The summed E-state index contributed by atoms with van der Waals surface area (Å²) < 4.78 is 0. The maximum atomic E-state index is 7.48. The van der Waals surface area contributed by atoms with E-state index in [9.17, 15) is 0 Å². The average Bonchev–Trinajstić information content (AvgIpc) is 2.30. The molecule has 0 saturated heterocycles. The highest BCUT2D eigenvalue weighted by Gasteiger charge is 1.84. The average molecular weight is 201 g/mol. The van der Waals surface area contributed by atoms with Crippen LogP contribution in [0.5, 0.6) is 0 Å². The highest BCUT2D eigenvalue weighted by atomic mass is 14.8. The molecule has 1 aromatic heterocycles. The van der Waals surface area contributed by atoms with Gasteiger partial charge in [-0.15, -0.1) is 0 Å². The van der Waals surface area contributed by atoms with E-state index in [-0.39, 0.29) is 0 Å². The Morgan fingerprint density at radius 3 is 2.53 bits per heavy atom. The summed E-state index contributed by atoms with van der Waals surface area (Å²) in [6, 6.07) is 5.84. The van der Waals surface area contributed by atoms with E-state index >= 15 is 0 Å². The van der Waals surface area contributed by atoms with Crippen molar-refractivity contribution >= 4 is 0 Å². The van der Waals surface area contributed by atoms with Crippen LogP contribution >= 0.6 is 0 Å². The Balaban J connectivity index is 0.000000336. The van der Waals surface area contributed by atoms with Crippen molar-refractivity contribution in [3.8, 4) is 12.4 Å². The fourth-order valence-electron chi connectivity index (χ4n) is 0.733. The molecule has 1 aromatic rings. The Morgan fingerprint density at radius 1 is 1.40 bits per heavy atom. The molecule has 0 aliphatic carbocycles. The van der Waals surface area contributed by atoms with Crippen LogP contribution in [0.2, 0.25) is 0 Å². The number of nitrogens with zero attached hydrogens (tertiary/aromatic N) is 3. The van der Waals surface area contributed by atoms with E-state index in [1.165, 1.54) is 18.6 Å². The minimum Gasteiger partial charge on any atom is -0.405 e. The summed E-state index contributed by atoms with van der Waals surface area (Å²) in [6.07, 6.45) is 8.82. The van der Waals surface area contributed by atoms with Gasteiger partial charge in [-0.2, -0.15) is 10.5 Å². The third-order valence-corrected chi connectivity index (χ3v) is 1.30. The number of nitrogens with one attached hydrogen (secondary N) is 1. The number of nitriles is 2. The van der Waals surface area contributed by atoms with Crippen LogP contribution in [-0.2, 0) is 6.42 Å². The van der Waals surface area contributed by atoms with Crippen LogP contribution in [-0.4, -0.2) is 4.98 Å². The molecule has 0 unspecified atom stereocenters. The quantitative estimate of drug-likeness (QED) is 0.540. The molecule has 0 aliphatic heterocycles. The number of allylic oxidation sites excluding steroid dienone is 1. The van der Waals surface area contributed by atoms with E-state index < -0.39 is 0 Å². The third-order valence-electron chi connectivity index (χ3n) is 1.30. The lowest BCUT2D eigenvalue weighted by Crippen LogP contribution is -1.88. The molecule has 3 N–H and O–H groups in total. The number of nitrogens with two attached hydrogens (primary N) is 1. The number of pyridine rings is 1. The molecule has 0 atom stereocenters. The highest BCUT2D eigenvalue weighted by Crippen LogP contribution is 1.93. The molecule has 1 rings (SSSR count). The molecule has 1 heterocycles. The molecule has 0 radical (unpaired) electrons. The summed E-state index contributed by atoms with van der Waals surface area (Å²) in [5, 5.41) is 16.7. The van der Waals surface area contributed by atoms with E-state index in [0.29, 0.717) is 0 Å². The molecule has 0 saturated carbocycles. The second-order valence-electron chi connectivity index (χ2n) is 2.30. The molecule has 0 spiro atoms. The standard InChI is InChI=1S/C8H10N2.C2HN3/c9-6-3-5-8-4-1-2-7-10-8;3-1-5-2-4/h1-4,6-7H,5,9H2;5H. The van der Waals surface area contributed by atoms with Crippen LogP contribution in [0, 0.1) is 22.9 Å². The molecule has 0 bridgehead atoms. The van der Waals surface area contributed by atoms with Gasteiger partial charge in [0, 0.05) is 18.3 Å². The van der Waals surface area contributed by atoms with E-state index in [0.717, 1.165) is 12.1 Å². The smallest absolute Gasteiger partial charge is 0.190 e. The van der Waals surface area contributed by atoms with Crippen molar-refractivity contribution in [1.82, 2.24) is 10.3 Å². The number of hydrogen-bond donors (Lipinski definition) is 2. The van der Waals surface area contributed by atoms with Gasteiger partial charge in [0.1, 0.15) is 0 Å². The van der Waals surface area contributed by atoms with Crippen LogP contribution in [0.3, 0.4) is 0 Å². The summed E-state index contributed by atoms with van der Waals surface area (Å²) >= 11 is 0. The number of hydrogen-bond acceptors (Lipinski definition) is 5. The summed E-state index contributed by atoms with van der Waals surface area (Å²) in [4.78, 5) is 4.11. The van der Waals surface area contributed by atoms with Crippen molar-refractivity contribution in [2.75, 3.05) is 0 Å². The van der Waals surface area contributed by atoms with Crippen LogP contribution < -0.4 is 11.1 Å². The number of aromatic nitrogens is 1. The zero-order valence-corrected chi connectivity index (χ0v) is 8.09. The maximum Gasteiger partial charge on any atom is 0.190 e. The molecule has 5 nitrogen and oxygen atoms in total. The second-order valence-corrected chi connectivity index (χ2v) is 2.30. The van der Waals surface area contributed by atoms with Gasteiger partial charge in [0.25, 0.3) is 0 Å². The number of rotatable bonds is 2. The van der Waals surface area contributed by atoms with E-state index in [4.69, 9.17) is 16.3 Å². The van der Waals surface area contributed by atoms with Gasteiger partial charge >= 0.3 is 0 Å². The first-order valence-electron chi connectivity index (χ1n) is 4.15. The molecule has 0 aromatic carbocycles. The Kier molecular flexibility index (Phi) is 7.95. The molecular weight excluding hydrogens is 190 g/mol. The van der Waals surface area contributed by atoms with Crippen LogP contribution in [0.4, 0.5) is 0 Å². The summed E-state index contributed by atoms with van der Waals surface area (Å²) in [6.45, 7) is 0. The maximum absolute atomic E-state index is 7.48. The van der Waals surface area contributed by atoms with Crippen molar-refractivity contribution in [1.29, 1.82) is 10.5 Å². The predicted molar refractivity (Wildman–Crippen MR) is 55.6 cm³/mol. The molecule has 76 valence electrons. The van der Waals surface area contributed by atoms with E-state index in [1.54, 1.807) is 11.5 Å². The lowest BCUT2D eigenvalue weighted by Gasteiger charge is -1.90. The lowest BCUT2D eigenvalue weighted by atomic mass is 10.3. The Bertz CT molecular complexity index is 346. The van der Waals surface area contributed by atoms with Crippen molar-refractivity contribution in [2.45, 2.75) is 6.42 Å². The highest BCUT2D eigenvalue weighted by molar-refractivity contribution is 5.07. The van der Waals surface area contributed by atoms with E-state index in [2.05, 4.69) is 4.98 Å². The summed E-state index contributed by atoms with van der Waals surface area (Å²) in [5.74, 6) is 0. The predicted octanol–water partition coefficient (Wildman–Crippen LogP) is 0.635. The fraction of sp³-hybridized carbons (Fsp3) is 0.100. The first kappa shape index (κ1) is 12.5. The second kappa shape index (κ2) is 9.56. The first-order valence-corrected chi connectivity index (χ1v) is 4.15. The van der Waals surface area contributed by atoms with Gasteiger partial charge in [0.2, 0.25) is 0 Å². The molecule has 15 heavy (non-hydrogen) atoms. The largest absolute Gasteiger partial charge is 0.405 e. The van der Waals surface area contributed by atoms with E-state index in [1.807, 2.05) is 24.3 Å². The normalized spacial score (nSPS) is 8.13. The Morgan fingerprint density at radius 2 is 2.13 bits per heavy atom. The minimum atomic E-state index is 0.817. The lowest BCUT2D eigenvalue weighted by molar-refractivity contribution is 1.11. The summed E-state index contributed by atoms with van der Waals surface area (Å²) in [7, 11) is 0. The van der Waals surface area contributed by atoms with Crippen LogP contribution in [0.1, 0.15) is 5.69 Å². The summed E-state index contributed by atoms with van der Waals surface area (Å²) in [5.41, 5.74) is 6.21. The van der Waals surface area contributed by atoms with Crippen molar-refractivity contribution in [2.24, 2.45) is 5.73 Å². The van der Waals surface area contributed by atoms with Gasteiger partial charge in [0.15, 0.2) is 12.4 Å². The Labute approximate surface area is 88.5 Å². The topological polar surface area (TPSA) is 98.5 Å². The monoisotopic (exact) mass is 201 g/mol. The van der Waals surface area contributed by atoms with Crippen molar-refractivity contribution < 1.29 is 0 Å². The third kappa shape index (κ3) is 7.82. The van der Waals surface area contributed by atoms with Gasteiger partial charge in [-0.25, -0.2) is 5.32 Å². The van der Waals surface area contributed by atoms with Crippen LogP contribution in [0.25, 0.3) is 0 Å². The van der Waals surface area contributed by atoms with Gasteiger partial charge in [-0.1, -0.05) is 12.1 Å². The molecule has 0 aliphatic rings. The SMILES string of the molecule is N#CNC#N.NC=CCc1ccccn1. The Hall–Kier alpha value is -2.53. The van der Waals surface area contributed by atoms with Gasteiger partial charge < -0.3 is 5.73 Å². The van der Waals surface area contributed by atoms with Gasteiger partial charge in [-0.3, -0.25) is 4.98 Å². The fourth-order valence-corrected chi connectivity index (χ4v) is 0.733. The zero-order chi connectivity index (χ0) is 11.4. The molecule has 0 amide bonds. The molecule has 0 fully saturated rings. The van der Waals surface area contributed by atoms with Crippen molar-refractivity contribution in [3.63, 3.8) is 0 Å². The van der Waals surface area contributed by atoms with Gasteiger partial charge in [-0.05, 0) is 18.3 Å². The van der Waals surface area contributed by atoms with Crippen molar-refractivity contribution in [3.05, 3.63) is 42.4 Å². The van der Waals surface area contributed by atoms with Gasteiger partial charge in [0.05, 0.1) is 0 Å². The molecule has 5 heteroatoms. The molecular formula is C10H11N5. The minimum absolute atomic E-state index is 0.817. The first-order chi connectivity index (χ1) is 7.35. The van der Waals surface area contributed by atoms with Crippen LogP contribution in [0.15, 0.2) is 36.7 Å².